The molecule has 0 aliphatic heterocycles. The number of imidazole rings is 1. The highest BCUT2D eigenvalue weighted by Crippen LogP contribution is 2.15. The van der Waals surface area contributed by atoms with Gasteiger partial charge in [-0.15, -0.1) is 12.6 Å². The Hall–Kier alpha value is -1.23. The summed E-state index contributed by atoms with van der Waals surface area (Å²) in [6, 6.07) is 1.80. The van der Waals surface area contributed by atoms with Crippen LogP contribution < -0.4 is 5.73 Å². The summed E-state index contributed by atoms with van der Waals surface area (Å²) < 4.78 is 1.72. The van der Waals surface area contributed by atoms with Crippen LogP contribution in [-0.4, -0.2) is 14.4 Å². The average Bonchev–Trinajstić information content (AvgIpc) is 2.30. The molecule has 0 bridgehead atoms. The van der Waals surface area contributed by atoms with Gasteiger partial charge in [-0.3, -0.25) is 4.40 Å². The van der Waals surface area contributed by atoms with Gasteiger partial charge in [0.25, 0.3) is 0 Å². The molecule has 0 amide bonds. The Labute approximate surface area is 68.5 Å². The Morgan fingerprint density at radius 2 is 2.36 bits per heavy atom. The van der Waals surface area contributed by atoms with Gasteiger partial charge in [-0.2, -0.15) is 4.98 Å². The molecule has 5 heteroatoms. The number of nitrogens with two attached hydrogens (primary N) is 1. The van der Waals surface area contributed by atoms with Crippen LogP contribution in [0.15, 0.2) is 23.5 Å². The van der Waals surface area contributed by atoms with Crippen LogP contribution >= 0.6 is 12.6 Å². The summed E-state index contributed by atoms with van der Waals surface area (Å²) in [6.45, 7) is 0. The minimum Gasteiger partial charge on any atom is -0.381 e. The van der Waals surface area contributed by atoms with E-state index in [1.807, 2.05) is 6.20 Å². The van der Waals surface area contributed by atoms with Crippen molar-refractivity contribution in [2.45, 2.75) is 5.03 Å². The number of thiol groups is 1. The van der Waals surface area contributed by atoms with E-state index in [2.05, 4.69) is 22.6 Å². The lowest BCUT2D eigenvalue weighted by molar-refractivity contribution is 1.02. The van der Waals surface area contributed by atoms with Crippen molar-refractivity contribution >= 4 is 24.2 Å². The predicted molar refractivity (Wildman–Crippen MR) is 44.7 cm³/mol. The van der Waals surface area contributed by atoms with Crippen LogP contribution in [0.4, 0.5) is 5.82 Å². The number of rotatable bonds is 0. The predicted octanol–water partition coefficient (Wildman–Crippen LogP) is 0.600. The maximum absolute atomic E-state index is 5.50. The third-order valence-corrected chi connectivity index (χ3v) is 1.85. The van der Waals surface area contributed by atoms with Gasteiger partial charge < -0.3 is 5.73 Å². The van der Waals surface area contributed by atoms with Crippen LogP contribution in [0.25, 0.3) is 5.78 Å². The smallest absolute Gasteiger partial charge is 0.236 e. The van der Waals surface area contributed by atoms with Gasteiger partial charge in [-0.25, -0.2) is 4.98 Å². The molecule has 0 fully saturated rings. The summed E-state index contributed by atoms with van der Waals surface area (Å²) in [6.07, 6.45) is 3.48. The second-order valence-corrected chi connectivity index (χ2v) is 2.53. The van der Waals surface area contributed by atoms with Crippen molar-refractivity contribution < 1.29 is 0 Å². The molecule has 0 spiro atoms. The first-order valence-corrected chi connectivity index (χ1v) is 3.51. The van der Waals surface area contributed by atoms with Gasteiger partial charge in [0.05, 0.1) is 0 Å². The summed E-state index contributed by atoms with van der Waals surface area (Å²) in [5, 5.41) is 0.633. The van der Waals surface area contributed by atoms with Crippen molar-refractivity contribution in [2.75, 3.05) is 5.73 Å². The summed E-state index contributed by atoms with van der Waals surface area (Å²) in [5.74, 6) is 0.988. The standard InChI is InChI=1S/C6H6N4S/c7-4-5(11)10-3-1-2-8-6(10)9-4/h1-3,11H,7H2. The second kappa shape index (κ2) is 2.13. The Morgan fingerprint density at radius 1 is 1.55 bits per heavy atom. The zero-order chi connectivity index (χ0) is 7.84. The molecule has 2 heterocycles. The molecule has 2 N–H and O–H groups in total. The lowest BCUT2D eigenvalue weighted by Gasteiger charge is -1.90. The molecule has 0 radical (unpaired) electrons. The van der Waals surface area contributed by atoms with E-state index in [0.717, 1.165) is 0 Å². The first-order chi connectivity index (χ1) is 5.29. The molecule has 0 saturated heterocycles. The van der Waals surface area contributed by atoms with Crippen LogP contribution in [0.5, 0.6) is 0 Å². The number of nitrogens with zero attached hydrogens (tertiary/aromatic N) is 3. The summed E-state index contributed by atoms with van der Waals surface area (Å²) in [7, 11) is 0. The molecule has 2 aromatic rings. The van der Waals surface area contributed by atoms with Crippen LogP contribution in [0.2, 0.25) is 0 Å². The van der Waals surface area contributed by atoms with Gasteiger partial charge in [0.2, 0.25) is 5.78 Å². The van der Waals surface area contributed by atoms with Gasteiger partial charge in [-0.05, 0) is 6.07 Å². The normalized spacial score (nSPS) is 10.6. The molecule has 0 aliphatic rings. The van der Waals surface area contributed by atoms with E-state index >= 15 is 0 Å². The molecule has 2 aromatic heterocycles. The van der Waals surface area contributed by atoms with Gasteiger partial charge in [0.15, 0.2) is 5.82 Å². The number of hydrogen-bond donors (Lipinski definition) is 2. The Kier molecular flexibility index (Phi) is 1.25. The van der Waals surface area contributed by atoms with E-state index in [4.69, 9.17) is 5.73 Å². The fourth-order valence-corrected chi connectivity index (χ4v) is 1.10. The molecule has 4 nitrogen and oxygen atoms in total. The molecule has 0 saturated carbocycles. The van der Waals surface area contributed by atoms with Crippen molar-refractivity contribution in [1.29, 1.82) is 0 Å². The largest absolute Gasteiger partial charge is 0.381 e. The van der Waals surface area contributed by atoms with Crippen molar-refractivity contribution in [2.24, 2.45) is 0 Å². The first-order valence-electron chi connectivity index (χ1n) is 3.06. The highest BCUT2D eigenvalue weighted by atomic mass is 32.1. The minimum absolute atomic E-state index is 0.409. The maximum Gasteiger partial charge on any atom is 0.236 e. The lowest BCUT2D eigenvalue weighted by Crippen LogP contribution is -1.86. The van der Waals surface area contributed by atoms with Crippen molar-refractivity contribution in [1.82, 2.24) is 14.4 Å². The Morgan fingerprint density at radius 3 is 3.09 bits per heavy atom. The number of nitrogen functional groups attached to an aromatic ring is 1. The van der Waals surface area contributed by atoms with Crippen molar-refractivity contribution in [3.05, 3.63) is 18.5 Å². The highest BCUT2D eigenvalue weighted by molar-refractivity contribution is 7.80. The topological polar surface area (TPSA) is 56.2 Å². The molecule has 56 valence electrons. The summed E-state index contributed by atoms with van der Waals surface area (Å²) in [4.78, 5) is 7.95. The van der Waals surface area contributed by atoms with E-state index in [-0.39, 0.29) is 0 Å². The molecular formula is C6H6N4S. The fourth-order valence-electron chi connectivity index (χ4n) is 0.892. The highest BCUT2D eigenvalue weighted by Gasteiger charge is 2.03. The van der Waals surface area contributed by atoms with E-state index in [9.17, 15) is 0 Å². The minimum atomic E-state index is 0.409. The van der Waals surface area contributed by atoms with Crippen LogP contribution in [0, 0.1) is 0 Å². The van der Waals surface area contributed by atoms with Crippen LogP contribution in [0.1, 0.15) is 0 Å². The number of anilines is 1. The number of fused-ring (bicyclic) bond motifs is 1. The zero-order valence-electron chi connectivity index (χ0n) is 5.60. The molecule has 2 rings (SSSR count). The first kappa shape index (κ1) is 6.48. The molecule has 0 aliphatic carbocycles. The quantitative estimate of drug-likeness (QED) is 0.563. The molecule has 0 atom stereocenters. The summed E-state index contributed by atoms with van der Waals surface area (Å²) in [5.41, 5.74) is 5.50. The molecule has 11 heavy (non-hydrogen) atoms. The monoisotopic (exact) mass is 166 g/mol. The van der Waals surface area contributed by atoms with E-state index in [1.54, 1.807) is 16.7 Å². The molecular weight excluding hydrogens is 160 g/mol. The summed E-state index contributed by atoms with van der Waals surface area (Å²) >= 11 is 4.15. The van der Waals surface area contributed by atoms with Crippen LogP contribution in [0.3, 0.4) is 0 Å². The third-order valence-electron chi connectivity index (χ3n) is 1.40. The van der Waals surface area contributed by atoms with Gasteiger partial charge >= 0.3 is 0 Å². The second-order valence-electron chi connectivity index (χ2n) is 2.11. The molecule has 0 aromatic carbocycles. The number of hydrogen-bond acceptors (Lipinski definition) is 4. The maximum atomic E-state index is 5.50. The van der Waals surface area contributed by atoms with E-state index in [0.29, 0.717) is 16.6 Å². The van der Waals surface area contributed by atoms with Crippen molar-refractivity contribution in [3.8, 4) is 0 Å². The van der Waals surface area contributed by atoms with Crippen molar-refractivity contribution in [3.63, 3.8) is 0 Å². The average molecular weight is 166 g/mol. The van der Waals surface area contributed by atoms with Gasteiger partial charge in [0, 0.05) is 12.4 Å². The SMILES string of the molecule is Nc1nc2ncccn2c1S. The van der Waals surface area contributed by atoms with E-state index < -0.39 is 0 Å². The van der Waals surface area contributed by atoms with E-state index in [1.165, 1.54) is 0 Å². The fraction of sp³-hybridized carbons (Fsp3) is 0. The Balaban J connectivity index is 2.92. The lowest BCUT2D eigenvalue weighted by atomic mass is 10.7. The van der Waals surface area contributed by atoms with Gasteiger partial charge in [-0.1, -0.05) is 0 Å². The number of aromatic nitrogens is 3. The zero-order valence-corrected chi connectivity index (χ0v) is 6.49. The van der Waals surface area contributed by atoms with Crippen LogP contribution in [-0.2, 0) is 0 Å². The van der Waals surface area contributed by atoms with Gasteiger partial charge in [0.1, 0.15) is 5.03 Å². The molecule has 0 unspecified atom stereocenters. The third kappa shape index (κ3) is 0.848. The Bertz CT molecular complexity index is 394.